The summed E-state index contributed by atoms with van der Waals surface area (Å²) in [5.74, 6) is 0. The molecule has 2 atom stereocenters. The van der Waals surface area contributed by atoms with Gasteiger partial charge in [-0.1, -0.05) is 26.8 Å². The molecule has 1 aliphatic heterocycles. The van der Waals surface area contributed by atoms with E-state index in [-0.39, 0.29) is 5.43 Å². The van der Waals surface area contributed by atoms with Gasteiger partial charge in [0.15, 0.2) is 5.43 Å². The molecular formula is C23H32N2O. The van der Waals surface area contributed by atoms with Gasteiger partial charge in [-0.2, -0.15) is 0 Å². The number of aromatic amines is 1. The third-order valence-electron chi connectivity index (χ3n) is 6.65. The second-order valence-corrected chi connectivity index (χ2v) is 10.2. The van der Waals surface area contributed by atoms with Gasteiger partial charge in [0, 0.05) is 35.8 Å². The minimum atomic E-state index is 0.217. The Bertz CT molecular complexity index is 939. The van der Waals surface area contributed by atoms with Crippen LogP contribution in [0.2, 0.25) is 0 Å². The maximum absolute atomic E-state index is 13.3. The van der Waals surface area contributed by atoms with Crippen LogP contribution in [0.1, 0.15) is 62.4 Å². The summed E-state index contributed by atoms with van der Waals surface area (Å²) < 4.78 is 0. The molecule has 0 radical (unpaired) electrons. The number of hydrogen-bond donors (Lipinski definition) is 1. The second kappa shape index (κ2) is 5.69. The Morgan fingerprint density at radius 3 is 2.62 bits per heavy atom. The summed E-state index contributed by atoms with van der Waals surface area (Å²) in [5.41, 5.74) is 6.31. The number of benzene rings is 1. The van der Waals surface area contributed by atoms with Gasteiger partial charge in [-0.3, -0.25) is 9.69 Å². The van der Waals surface area contributed by atoms with Gasteiger partial charge in [0.2, 0.25) is 0 Å². The monoisotopic (exact) mass is 352 g/mol. The average Bonchev–Trinajstić information content (AvgIpc) is 2.73. The number of likely N-dealkylation sites (tertiary alicyclic amines) is 1. The maximum atomic E-state index is 13.3. The summed E-state index contributed by atoms with van der Waals surface area (Å²) in [5, 5.41) is 0.844. The van der Waals surface area contributed by atoms with E-state index >= 15 is 0 Å². The van der Waals surface area contributed by atoms with Crippen molar-refractivity contribution >= 4 is 10.9 Å². The molecule has 3 heteroatoms. The quantitative estimate of drug-likeness (QED) is 0.838. The number of aromatic nitrogens is 1. The normalized spacial score (nSPS) is 28.0. The number of nitrogens with one attached hydrogen (secondary N) is 1. The van der Waals surface area contributed by atoms with Crippen molar-refractivity contribution in [1.29, 1.82) is 0 Å². The molecule has 0 spiro atoms. The molecular weight excluding hydrogens is 320 g/mol. The van der Waals surface area contributed by atoms with Gasteiger partial charge in [-0.15, -0.1) is 0 Å². The van der Waals surface area contributed by atoms with Gasteiger partial charge in [-0.25, -0.2) is 0 Å². The maximum Gasteiger partial charge on any atom is 0.194 e. The number of H-pyrrole nitrogens is 1. The standard InChI is InChI=1S/C23H32N2O/c1-14-7-15(2)20-18(8-14)21(26)19(16(3)24-20)11-25-13-23(6)10-17(25)9-22(4,5)12-23/h7-8,17H,9-13H2,1-6H3,(H,24,26)/t17-,23-/m0/s1. The van der Waals surface area contributed by atoms with Crippen LogP contribution in [0.15, 0.2) is 16.9 Å². The molecule has 3 nitrogen and oxygen atoms in total. The average molecular weight is 353 g/mol. The van der Waals surface area contributed by atoms with Crippen molar-refractivity contribution < 1.29 is 0 Å². The highest BCUT2D eigenvalue weighted by molar-refractivity contribution is 5.83. The van der Waals surface area contributed by atoms with E-state index in [2.05, 4.69) is 57.5 Å². The lowest BCUT2D eigenvalue weighted by molar-refractivity contribution is 0.126. The van der Waals surface area contributed by atoms with Crippen LogP contribution in [-0.2, 0) is 6.54 Å². The van der Waals surface area contributed by atoms with Crippen molar-refractivity contribution in [1.82, 2.24) is 9.88 Å². The van der Waals surface area contributed by atoms with Crippen molar-refractivity contribution in [2.24, 2.45) is 10.8 Å². The van der Waals surface area contributed by atoms with Crippen LogP contribution in [0.25, 0.3) is 10.9 Å². The summed E-state index contributed by atoms with van der Waals surface area (Å²) in [7, 11) is 0. The highest BCUT2D eigenvalue weighted by Crippen LogP contribution is 2.52. The fraction of sp³-hybridized carbons (Fsp3) is 0.609. The van der Waals surface area contributed by atoms with Gasteiger partial charge in [-0.05, 0) is 68.1 Å². The van der Waals surface area contributed by atoms with Crippen LogP contribution >= 0.6 is 0 Å². The van der Waals surface area contributed by atoms with Crippen LogP contribution in [0.4, 0.5) is 0 Å². The second-order valence-electron chi connectivity index (χ2n) is 10.2. The van der Waals surface area contributed by atoms with Gasteiger partial charge >= 0.3 is 0 Å². The lowest BCUT2D eigenvalue weighted by Crippen LogP contribution is -2.35. The number of nitrogens with zero attached hydrogens (tertiary/aromatic N) is 1. The molecule has 140 valence electrons. The Labute approximate surface area is 156 Å². The van der Waals surface area contributed by atoms with E-state index in [9.17, 15) is 4.79 Å². The molecule has 2 heterocycles. The Balaban J connectivity index is 1.74. The van der Waals surface area contributed by atoms with Gasteiger partial charge < -0.3 is 4.98 Å². The SMILES string of the molecule is Cc1cc(C)c2[nH]c(C)c(CN3C[C@@]4(C)C[C@@H]3CC(C)(C)C4)c(=O)c2c1. The number of rotatable bonds is 2. The summed E-state index contributed by atoms with van der Waals surface area (Å²) in [6.07, 6.45) is 3.81. The first-order chi connectivity index (χ1) is 12.1. The fourth-order valence-electron chi connectivity index (χ4n) is 6.06. The topological polar surface area (TPSA) is 36.1 Å². The van der Waals surface area contributed by atoms with E-state index in [1.54, 1.807) is 0 Å². The summed E-state index contributed by atoms with van der Waals surface area (Å²) in [6.45, 7) is 15.3. The highest BCUT2D eigenvalue weighted by atomic mass is 16.1. The molecule has 2 aromatic rings. The highest BCUT2D eigenvalue weighted by Gasteiger charge is 2.49. The fourth-order valence-corrected chi connectivity index (χ4v) is 6.06. The molecule has 2 bridgehead atoms. The Morgan fingerprint density at radius 2 is 1.88 bits per heavy atom. The zero-order valence-electron chi connectivity index (χ0n) is 17.1. The molecule has 2 fully saturated rings. The largest absolute Gasteiger partial charge is 0.358 e. The van der Waals surface area contributed by atoms with Crippen molar-refractivity contribution in [3.63, 3.8) is 0 Å². The van der Waals surface area contributed by atoms with Crippen molar-refractivity contribution in [3.05, 3.63) is 44.7 Å². The molecule has 0 unspecified atom stereocenters. The summed E-state index contributed by atoms with van der Waals surface area (Å²) in [4.78, 5) is 19.4. The molecule has 0 amide bonds. The third kappa shape index (κ3) is 2.90. The van der Waals surface area contributed by atoms with Crippen LogP contribution in [0.3, 0.4) is 0 Å². The van der Waals surface area contributed by atoms with Crippen LogP contribution in [0.5, 0.6) is 0 Å². The first-order valence-corrected chi connectivity index (χ1v) is 9.94. The van der Waals surface area contributed by atoms with Crippen molar-refractivity contribution in [2.45, 2.75) is 73.4 Å². The van der Waals surface area contributed by atoms with Crippen LogP contribution < -0.4 is 5.43 Å². The zero-order chi connectivity index (χ0) is 18.9. The molecule has 1 saturated carbocycles. The minimum Gasteiger partial charge on any atom is -0.358 e. The van der Waals surface area contributed by atoms with E-state index in [1.807, 2.05) is 6.07 Å². The molecule has 26 heavy (non-hydrogen) atoms. The number of hydrogen-bond acceptors (Lipinski definition) is 2. The molecule has 1 aliphatic carbocycles. The minimum absolute atomic E-state index is 0.217. The molecule has 1 saturated heterocycles. The number of pyridine rings is 1. The van der Waals surface area contributed by atoms with Crippen LogP contribution in [0, 0.1) is 31.6 Å². The molecule has 1 N–H and O–H groups in total. The van der Waals surface area contributed by atoms with Gasteiger partial charge in [0.05, 0.1) is 5.52 Å². The van der Waals surface area contributed by atoms with E-state index in [4.69, 9.17) is 0 Å². The summed E-state index contributed by atoms with van der Waals surface area (Å²) in [6, 6.07) is 4.79. The van der Waals surface area contributed by atoms with E-state index in [1.165, 1.54) is 19.3 Å². The third-order valence-corrected chi connectivity index (χ3v) is 6.65. The lowest BCUT2D eigenvalue weighted by atomic mass is 9.65. The number of aryl methyl sites for hydroxylation is 3. The van der Waals surface area contributed by atoms with Gasteiger partial charge in [0.1, 0.15) is 0 Å². The van der Waals surface area contributed by atoms with E-state index in [0.717, 1.165) is 46.4 Å². The Kier molecular flexibility index (Phi) is 3.89. The Morgan fingerprint density at radius 1 is 1.15 bits per heavy atom. The predicted octanol–water partition coefficient (Wildman–Crippen LogP) is 4.85. The van der Waals surface area contributed by atoms with Crippen molar-refractivity contribution in [3.8, 4) is 0 Å². The van der Waals surface area contributed by atoms with E-state index in [0.29, 0.717) is 16.9 Å². The first kappa shape index (κ1) is 17.8. The van der Waals surface area contributed by atoms with Gasteiger partial charge in [0.25, 0.3) is 0 Å². The van der Waals surface area contributed by atoms with E-state index < -0.39 is 0 Å². The molecule has 1 aromatic heterocycles. The first-order valence-electron chi connectivity index (χ1n) is 9.94. The molecule has 4 rings (SSSR count). The predicted molar refractivity (Wildman–Crippen MR) is 109 cm³/mol. The van der Waals surface area contributed by atoms with Crippen LogP contribution in [-0.4, -0.2) is 22.5 Å². The Hall–Kier alpha value is -1.61. The molecule has 2 aliphatic rings. The van der Waals surface area contributed by atoms with Crippen molar-refractivity contribution in [2.75, 3.05) is 6.54 Å². The lowest BCUT2D eigenvalue weighted by Gasteiger charge is -2.40. The molecule has 1 aromatic carbocycles. The summed E-state index contributed by atoms with van der Waals surface area (Å²) >= 11 is 0. The number of fused-ring (bicyclic) bond motifs is 3. The smallest absolute Gasteiger partial charge is 0.194 e. The zero-order valence-corrected chi connectivity index (χ0v) is 17.1.